The third-order valence-electron chi connectivity index (χ3n) is 4.62. The molecule has 24 heavy (non-hydrogen) atoms. The molecule has 1 atom stereocenters. The van der Waals surface area contributed by atoms with Crippen molar-refractivity contribution in [1.29, 1.82) is 0 Å². The number of likely N-dealkylation sites (tertiary alicyclic amines) is 1. The SMILES string of the molecule is CCC[C@H](C)c1cc(NC(=O)C2CCN(C(=O)N(C)C)CC2)n[nH]1. The Kier molecular flexibility index (Phi) is 6.23. The van der Waals surface area contributed by atoms with Gasteiger partial charge in [-0.05, 0) is 25.2 Å². The summed E-state index contributed by atoms with van der Waals surface area (Å²) in [6, 6.07) is 1.93. The highest BCUT2D eigenvalue weighted by atomic mass is 16.2. The molecule has 0 aliphatic carbocycles. The van der Waals surface area contributed by atoms with Gasteiger partial charge in [-0.15, -0.1) is 0 Å². The molecule has 2 heterocycles. The number of piperidine rings is 1. The lowest BCUT2D eigenvalue weighted by molar-refractivity contribution is -0.121. The van der Waals surface area contributed by atoms with Crippen molar-refractivity contribution in [3.05, 3.63) is 11.8 Å². The van der Waals surface area contributed by atoms with Crippen molar-refractivity contribution >= 4 is 17.8 Å². The van der Waals surface area contributed by atoms with Crippen molar-refractivity contribution in [2.75, 3.05) is 32.5 Å². The fourth-order valence-electron chi connectivity index (χ4n) is 3.09. The summed E-state index contributed by atoms with van der Waals surface area (Å²) in [6.07, 6.45) is 3.59. The summed E-state index contributed by atoms with van der Waals surface area (Å²) >= 11 is 0. The number of hydrogen-bond donors (Lipinski definition) is 2. The van der Waals surface area contributed by atoms with Gasteiger partial charge >= 0.3 is 6.03 Å². The van der Waals surface area contributed by atoms with E-state index in [0.29, 0.717) is 37.7 Å². The largest absolute Gasteiger partial charge is 0.331 e. The molecule has 0 radical (unpaired) electrons. The van der Waals surface area contributed by atoms with E-state index in [9.17, 15) is 9.59 Å². The van der Waals surface area contributed by atoms with Crippen LogP contribution in [0.2, 0.25) is 0 Å². The number of carbonyl (C=O) groups is 2. The number of urea groups is 1. The normalized spacial score (nSPS) is 16.8. The topological polar surface area (TPSA) is 81.3 Å². The predicted octanol–water partition coefficient (Wildman–Crippen LogP) is 2.65. The van der Waals surface area contributed by atoms with Gasteiger partial charge in [-0.3, -0.25) is 9.89 Å². The Hall–Kier alpha value is -2.05. The van der Waals surface area contributed by atoms with Gasteiger partial charge in [0, 0.05) is 44.9 Å². The first kappa shape index (κ1) is 18.3. The molecule has 1 aromatic rings. The average Bonchev–Trinajstić information content (AvgIpc) is 3.03. The van der Waals surface area contributed by atoms with Crippen molar-refractivity contribution < 1.29 is 9.59 Å². The number of amides is 3. The molecule has 1 aliphatic heterocycles. The Labute approximate surface area is 143 Å². The van der Waals surface area contributed by atoms with Crippen molar-refractivity contribution in [2.24, 2.45) is 5.92 Å². The summed E-state index contributed by atoms with van der Waals surface area (Å²) in [7, 11) is 3.49. The number of nitrogens with one attached hydrogen (secondary N) is 2. The third-order valence-corrected chi connectivity index (χ3v) is 4.62. The van der Waals surface area contributed by atoms with E-state index in [2.05, 4.69) is 29.4 Å². The van der Waals surface area contributed by atoms with Gasteiger partial charge in [0.1, 0.15) is 0 Å². The van der Waals surface area contributed by atoms with Crippen LogP contribution in [0.5, 0.6) is 0 Å². The van der Waals surface area contributed by atoms with Crippen LogP contribution in [0.3, 0.4) is 0 Å². The molecule has 7 heteroatoms. The first-order valence-corrected chi connectivity index (χ1v) is 8.74. The van der Waals surface area contributed by atoms with E-state index in [4.69, 9.17) is 0 Å². The monoisotopic (exact) mass is 335 g/mol. The molecule has 2 rings (SSSR count). The smallest absolute Gasteiger partial charge is 0.319 e. The van der Waals surface area contributed by atoms with Gasteiger partial charge in [0.2, 0.25) is 5.91 Å². The molecule has 7 nitrogen and oxygen atoms in total. The second-order valence-electron chi connectivity index (χ2n) is 6.83. The summed E-state index contributed by atoms with van der Waals surface area (Å²) in [6.45, 7) is 5.55. The summed E-state index contributed by atoms with van der Waals surface area (Å²) < 4.78 is 0. The van der Waals surface area contributed by atoms with Crippen LogP contribution in [-0.4, -0.2) is 59.1 Å². The van der Waals surface area contributed by atoms with Crippen molar-refractivity contribution in [3.63, 3.8) is 0 Å². The van der Waals surface area contributed by atoms with Crippen molar-refractivity contribution in [2.45, 2.75) is 45.4 Å². The zero-order chi connectivity index (χ0) is 17.7. The lowest BCUT2D eigenvalue weighted by Gasteiger charge is -2.32. The Morgan fingerprint density at radius 1 is 1.42 bits per heavy atom. The molecule has 1 fully saturated rings. The summed E-state index contributed by atoms with van der Waals surface area (Å²) in [4.78, 5) is 27.7. The number of aromatic amines is 1. The second kappa shape index (κ2) is 8.17. The molecule has 2 N–H and O–H groups in total. The lowest BCUT2D eigenvalue weighted by atomic mass is 9.96. The number of rotatable bonds is 5. The summed E-state index contributed by atoms with van der Waals surface area (Å²) in [5.41, 5.74) is 1.05. The maximum absolute atomic E-state index is 12.4. The van der Waals surface area contributed by atoms with Crippen LogP contribution in [0, 0.1) is 5.92 Å². The van der Waals surface area contributed by atoms with Crippen LogP contribution in [0.1, 0.15) is 51.1 Å². The molecule has 0 unspecified atom stereocenters. The Morgan fingerprint density at radius 2 is 2.08 bits per heavy atom. The van der Waals surface area contributed by atoms with E-state index in [0.717, 1.165) is 18.5 Å². The standard InChI is InChI=1S/C17H29N5O2/c1-5-6-12(2)14-11-15(20-19-14)18-16(23)13-7-9-22(10-8-13)17(24)21(3)4/h11-13H,5-10H2,1-4H3,(H2,18,19,20,23)/t12-/m0/s1. The fraction of sp³-hybridized carbons (Fsp3) is 0.706. The van der Waals surface area contributed by atoms with E-state index in [1.807, 2.05) is 6.07 Å². The Morgan fingerprint density at radius 3 is 2.67 bits per heavy atom. The molecular weight excluding hydrogens is 306 g/mol. The van der Waals surface area contributed by atoms with Gasteiger partial charge in [-0.2, -0.15) is 5.10 Å². The summed E-state index contributed by atoms with van der Waals surface area (Å²) in [5, 5.41) is 10.1. The minimum atomic E-state index is -0.0653. The molecule has 0 aromatic carbocycles. The van der Waals surface area contributed by atoms with E-state index in [1.165, 1.54) is 0 Å². The third kappa shape index (κ3) is 4.49. The molecule has 3 amide bonds. The number of H-pyrrole nitrogens is 1. The van der Waals surface area contributed by atoms with Crippen LogP contribution < -0.4 is 5.32 Å². The fourth-order valence-corrected chi connectivity index (χ4v) is 3.09. The number of anilines is 1. The van der Waals surface area contributed by atoms with Crippen LogP contribution in [0.25, 0.3) is 0 Å². The Balaban J connectivity index is 1.85. The molecule has 1 saturated heterocycles. The molecular formula is C17H29N5O2. The number of nitrogens with zero attached hydrogens (tertiary/aromatic N) is 3. The van der Waals surface area contributed by atoms with Gasteiger partial charge in [0.05, 0.1) is 0 Å². The van der Waals surface area contributed by atoms with Crippen LogP contribution >= 0.6 is 0 Å². The maximum Gasteiger partial charge on any atom is 0.319 e. The molecule has 0 saturated carbocycles. The van der Waals surface area contributed by atoms with E-state index in [-0.39, 0.29) is 17.9 Å². The molecule has 1 aromatic heterocycles. The zero-order valence-electron chi connectivity index (χ0n) is 15.1. The van der Waals surface area contributed by atoms with Crippen molar-refractivity contribution in [1.82, 2.24) is 20.0 Å². The average molecular weight is 335 g/mol. The first-order valence-electron chi connectivity index (χ1n) is 8.74. The van der Waals surface area contributed by atoms with E-state index in [1.54, 1.807) is 23.9 Å². The van der Waals surface area contributed by atoms with E-state index < -0.39 is 0 Å². The van der Waals surface area contributed by atoms with Crippen LogP contribution in [0.4, 0.5) is 10.6 Å². The highest BCUT2D eigenvalue weighted by Crippen LogP contribution is 2.23. The van der Waals surface area contributed by atoms with Gasteiger partial charge < -0.3 is 15.1 Å². The van der Waals surface area contributed by atoms with Gasteiger partial charge in [-0.1, -0.05) is 20.3 Å². The minimum Gasteiger partial charge on any atom is -0.331 e. The quantitative estimate of drug-likeness (QED) is 0.868. The van der Waals surface area contributed by atoms with Crippen LogP contribution in [0.15, 0.2) is 6.07 Å². The minimum absolute atomic E-state index is 0.00635. The predicted molar refractivity (Wildman–Crippen MR) is 93.9 cm³/mol. The Bertz CT molecular complexity index is 561. The number of carbonyl (C=O) groups excluding carboxylic acids is 2. The van der Waals surface area contributed by atoms with Gasteiger partial charge in [-0.25, -0.2) is 4.79 Å². The summed E-state index contributed by atoms with van der Waals surface area (Å²) in [5.74, 6) is 0.927. The van der Waals surface area contributed by atoms with Crippen molar-refractivity contribution in [3.8, 4) is 0 Å². The highest BCUT2D eigenvalue weighted by Gasteiger charge is 2.28. The maximum atomic E-state index is 12.4. The van der Waals surface area contributed by atoms with Crippen LogP contribution in [-0.2, 0) is 4.79 Å². The van der Waals surface area contributed by atoms with Gasteiger partial charge in [0.15, 0.2) is 5.82 Å². The second-order valence-corrected chi connectivity index (χ2v) is 6.83. The molecule has 0 spiro atoms. The number of aromatic nitrogens is 2. The lowest BCUT2D eigenvalue weighted by Crippen LogP contribution is -2.45. The number of hydrogen-bond acceptors (Lipinski definition) is 3. The molecule has 0 bridgehead atoms. The molecule has 1 aliphatic rings. The van der Waals surface area contributed by atoms with Gasteiger partial charge in [0.25, 0.3) is 0 Å². The highest BCUT2D eigenvalue weighted by molar-refractivity contribution is 5.91. The zero-order valence-corrected chi connectivity index (χ0v) is 15.1. The molecule has 134 valence electrons. The first-order chi connectivity index (χ1) is 11.4. The van der Waals surface area contributed by atoms with E-state index >= 15 is 0 Å².